The number of hydrogen-bond donors (Lipinski definition) is 0. The lowest BCUT2D eigenvalue weighted by atomic mass is 9.94. The molecule has 2 saturated heterocycles. The Bertz CT molecular complexity index is 506. The van der Waals surface area contributed by atoms with Crippen molar-refractivity contribution >= 4 is 5.91 Å². The number of piperazine rings is 1. The fourth-order valence-corrected chi connectivity index (χ4v) is 4.98. The van der Waals surface area contributed by atoms with Crippen LogP contribution in [0.15, 0.2) is 0 Å². The molecule has 132 valence electrons. The molecule has 4 fully saturated rings. The van der Waals surface area contributed by atoms with E-state index in [9.17, 15) is 10.1 Å². The summed E-state index contributed by atoms with van der Waals surface area (Å²) >= 11 is 0. The van der Waals surface area contributed by atoms with E-state index < -0.39 is 0 Å². The molecule has 0 radical (unpaired) electrons. The molecule has 0 unspecified atom stereocenters. The first kappa shape index (κ1) is 16.4. The second-order valence-electron chi connectivity index (χ2n) is 8.17. The summed E-state index contributed by atoms with van der Waals surface area (Å²) in [6, 6.07) is 3.67. The minimum Gasteiger partial charge on any atom is -0.338 e. The minimum atomic E-state index is -0.0916. The fourth-order valence-electron chi connectivity index (χ4n) is 4.98. The molecule has 0 aromatic carbocycles. The number of carbonyl (C=O) groups excluding carboxylic acids is 1. The van der Waals surface area contributed by atoms with Crippen LogP contribution in [0.3, 0.4) is 0 Å². The van der Waals surface area contributed by atoms with Crippen LogP contribution in [0, 0.1) is 17.2 Å². The Kier molecular flexibility index (Phi) is 4.78. The van der Waals surface area contributed by atoms with Crippen LogP contribution >= 0.6 is 0 Å². The molecule has 2 atom stereocenters. The molecule has 2 saturated carbocycles. The maximum atomic E-state index is 13.0. The first-order chi connectivity index (χ1) is 11.8. The Morgan fingerprint density at radius 3 is 2.38 bits per heavy atom. The lowest BCUT2D eigenvalue weighted by Crippen LogP contribution is -2.56. The lowest BCUT2D eigenvalue weighted by molar-refractivity contribution is -0.137. The zero-order chi connectivity index (χ0) is 16.5. The molecule has 5 nitrogen and oxygen atoms in total. The molecule has 5 heteroatoms. The van der Waals surface area contributed by atoms with Crippen molar-refractivity contribution < 1.29 is 4.79 Å². The van der Waals surface area contributed by atoms with Gasteiger partial charge >= 0.3 is 0 Å². The normalized spacial score (nSPS) is 33.5. The Morgan fingerprint density at radius 1 is 0.875 bits per heavy atom. The van der Waals surface area contributed by atoms with Crippen molar-refractivity contribution in [1.29, 1.82) is 5.26 Å². The van der Waals surface area contributed by atoms with E-state index in [0.717, 1.165) is 38.6 Å². The average molecular weight is 330 g/mol. The molecule has 2 aliphatic carbocycles. The Morgan fingerprint density at radius 2 is 1.67 bits per heavy atom. The Labute approximate surface area is 145 Å². The minimum absolute atomic E-state index is 0.0916. The standard InChI is InChI=1S/C19H30N4O/c20-12-18-14-22(10-11-23(18)17-6-7-17)19(24)15-8-9-21(13-15)16-4-2-1-3-5-16/h15-18H,1-11,13-14H2/t15-,18-/m1/s1. The molecule has 24 heavy (non-hydrogen) atoms. The molecular weight excluding hydrogens is 300 g/mol. The van der Waals surface area contributed by atoms with Gasteiger partial charge in [-0.3, -0.25) is 14.6 Å². The van der Waals surface area contributed by atoms with Gasteiger partial charge in [-0.25, -0.2) is 0 Å². The molecule has 0 N–H and O–H groups in total. The van der Waals surface area contributed by atoms with Crippen LogP contribution in [-0.2, 0) is 4.79 Å². The number of amides is 1. The first-order valence-corrected chi connectivity index (χ1v) is 9.94. The Balaban J connectivity index is 1.32. The number of hydrogen-bond acceptors (Lipinski definition) is 4. The summed E-state index contributed by atoms with van der Waals surface area (Å²) in [4.78, 5) is 19.8. The van der Waals surface area contributed by atoms with Crippen LogP contribution in [0.5, 0.6) is 0 Å². The van der Waals surface area contributed by atoms with E-state index in [-0.39, 0.29) is 12.0 Å². The van der Waals surface area contributed by atoms with Gasteiger partial charge in [0.1, 0.15) is 6.04 Å². The second-order valence-corrected chi connectivity index (χ2v) is 8.17. The van der Waals surface area contributed by atoms with Gasteiger partial charge in [0.25, 0.3) is 0 Å². The molecule has 2 aliphatic heterocycles. The molecule has 0 aromatic rings. The van der Waals surface area contributed by atoms with Gasteiger partial charge in [-0.05, 0) is 38.6 Å². The summed E-state index contributed by atoms with van der Waals surface area (Å²) < 4.78 is 0. The van der Waals surface area contributed by atoms with Crippen LogP contribution in [0.2, 0.25) is 0 Å². The maximum absolute atomic E-state index is 13.0. The number of carbonyl (C=O) groups is 1. The smallest absolute Gasteiger partial charge is 0.227 e. The van der Waals surface area contributed by atoms with Gasteiger partial charge in [0, 0.05) is 38.3 Å². The van der Waals surface area contributed by atoms with E-state index >= 15 is 0 Å². The zero-order valence-corrected chi connectivity index (χ0v) is 14.7. The van der Waals surface area contributed by atoms with E-state index in [1.54, 1.807) is 0 Å². The molecule has 4 aliphatic rings. The maximum Gasteiger partial charge on any atom is 0.227 e. The largest absolute Gasteiger partial charge is 0.338 e. The van der Waals surface area contributed by atoms with E-state index in [1.807, 2.05) is 4.90 Å². The molecule has 0 spiro atoms. The molecule has 0 bridgehead atoms. The van der Waals surface area contributed by atoms with Gasteiger partial charge in [-0.15, -0.1) is 0 Å². The number of likely N-dealkylation sites (tertiary alicyclic amines) is 1. The summed E-state index contributed by atoms with van der Waals surface area (Å²) in [7, 11) is 0. The highest BCUT2D eigenvalue weighted by Crippen LogP contribution is 2.32. The van der Waals surface area contributed by atoms with Crippen LogP contribution in [-0.4, -0.2) is 71.5 Å². The molecule has 0 aromatic heterocycles. The highest BCUT2D eigenvalue weighted by molar-refractivity contribution is 5.79. The van der Waals surface area contributed by atoms with Gasteiger partial charge in [0.05, 0.1) is 12.0 Å². The van der Waals surface area contributed by atoms with Gasteiger partial charge in [-0.2, -0.15) is 5.26 Å². The van der Waals surface area contributed by atoms with Crippen LogP contribution in [0.25, 0.3) is 0 Å². The third-order valence-electron chi connectivity index (χ3n) is 6.56. The highest BCUT2D eigenvalue weighted by atomic mass is 16.2. The number of nitrogens with zero attached hydrogens (tertiary/aromatic N) is 4. The summed E-state index contributed by atoms with van der Waals surface area (Å²) in [6.07, 6.45) is 10.2. The number of nitriles is 1. The van der Waals surface area contributed by atoms with Gasteiger partial charge in [0.15, 0.2) is 0 Å². The monoisotopic (exact) mass is 330 g/mol. The van der Waals surface area contributed by atoms with E-state index in [1.165, 1.54) is 44.9 Å². The van der Waals surface area contributed by atoms with Crippen LogP contribution < -0.4 is 0 Å². The SMILES string of the molecule is N#C[C@@H]1CN(C(=O)[C@@H]2CCN(C3CCCCC3)C2)CCN1C1CC1. The summed E-state index contributed by atoms with van der Waals surface area (Å²) in [6.45, 7) is 4.35. The molecule has 2 heterocycles. The van der Waals surface area contributed by atoms with Crippen molar-refractivity contribution in [1.82, 2.24) is 14.7 Å². The topological polar surface area (TPSA) is 50.6 Å². The lowest BCUT2D eigenvalue weighted by Gasteiger charge is -2.39. The van der Waals surface area contributed by atoms with Crippen molar-refractivity contribution in [3.8, 4) is 6.07 Å². The third kappa shape index (κ3) is 3.32. The van der Waals surface area contributed by atoms with Crippen LogP contribution in [0.4, 0.5) is 0 Å². The van der Waals surface area contributed by atoms with Crippen molar-refractivity contribution in [3.63, 3.8) is 0 Å². The average Bonchev–Trinajstić information content (AvgIpc) is 3.37. The van der Waals surface area contributed by atoms with Crippen molar-refractivity contribution in [3.05, 3.63) is 0 Å². The molecule has 4 rings (SSSR count). The summed E-state index contributed by atoms with van der Waals surface area (Å²) in [5.41, 5.74) is 0. The van der Waals surface area contributed by atoms with Gasteiger partial charge in [0.2, 0.25) is 5.91 Å². The third-order valence-corrected chi connectivity index (χ3v) is 6.56. The van der Waals surface area contributed by atoms with E-state index in [2.05, 4.69) is 15.9 Å². The van der Waals surface area contributed by atoms with E-state index in [4.69, 9.17) is 0 Å². The zero-order valence-electron chi connectivity index (χ0n) is 14.7. The molecule has 1 amide bonds. The van der Waals surface area contributed by atoms with Crippen molar-refractivity contribution in [2.75, 3.05) is 32.7 Å². The molecular formula is C19H30N4O. The van der Waals surface area contributed by atoms with Gasteiger partial charge in [-0.1, -0.05) is 19.3 Å². The summed E-state index contributed by atoms with van der Waals surface area (Å²) in [5, 5.41) is 9.48. The summed E-state index contributed by atoms with van der Waals surface area (Å²) in [5.74, 6) is 0.475. The number of rotatable bonds is 3. The van der Waals surface area contributed by atoms with E-state index in [0.29, 0.717) is 18.5 Å². The van der Waals surface area contributed by atoms with Crippen molar-refractivity contribution in [2.24, 2.45) is 5.92 Å². The predicted octanol–water partition coefficient (Wildman–Crippen LogP) is 1.84. The van der Waals surface area contributed by atoms with Crippen LogP contribution in [0.1, 0.15) is 51.4 Å². The second kappa shape index (κ2) is 7.01. The van der Waals surface area contributed by atoms with Crippen molar-refractivity contribution in [2.45, 2.75) is 69.5 Å². The predicted molar refractivity (Wildman–Crippen MR) is 92.3 cm³/mol. The fraction of sp³-hybridized carbons (Fsp3) is 0.895. The van der Waals surface area contributed by atoms with Gasteiger partial charge < -0.3 is 4.90 Å². The Hall–Kier alpha value is -1.12. The quantitative estimate of drug-likeness (QED) is 0.792. The highest BCUT2D eigenvalue weighted by Gasteiger charge is 2.41. The first-order valence-electron chi connectivity index (χ1n) is 9.94.